The first kappa shape index (κ1) is 35.4. The Bertz CT molecular complexity index is 920. The molecule has 220 valence electrons. The van der Waals surface area contributed by atoms with Crippen LogP contribution < -0.4 is 27.0 Å². The van der Waals surface area contributed by atoms with Gasteiger partial charge in [0.2, 0.25) is 23.6 Å². The Morgan fingerprint density at radius 2 is 1.08 bits per heavy atom. The third-order valence-electron chi connectivity index (χ3n) is 4.48. The van der Waals surface area contributed by atoms with E-state index in [4.69, 9.17) is 26.2 Å². The maximum Gasteiger partial charge on any atom is 0.322 e. The summed E-state index contributed by atoms with van der Waals surface area (Å²) in [6.07, 6.45) is -1.00. The normalized spacial score (nSPS) is 12.7. The zero-order valence-electron chi connectivity index (χ0n) is 20.5. The second kappa shape index (κ2) is 19.5. The number of nitrogens with two attached hydrogens (primary N) is 1. The van der Waals surface area contributed by atoms with Crippen LogP contribution in [0, 0.1) is 0 Å². The van der Waals surface area contributed by atoms with Gasteiger partial charge in [-0.05, 0) is 12.8 Å². The van der Waals surface area contributed by atoms with Gasteiger partial charge in [0.05, 0.1) is 0 Å². The van der Waals surface area contributed by atoms with E-state index < -0.39 is 78.7 Å². The standard InChI is InChI=1S/C20H31N5O12S2/c21-10(20(36)37)4-5-14(27)25-12(19(35)23-7-17(32)33)9-39-38-8-11(18(34)22-6-16(30)31)24-13(26)2-1-3-15(28)29/h10-12H,1-9,21H2,(H,22,34)(H,23,35)(H,24,26)(H,25,27)(H,28,29)(H,30,31)(H,32,33)(H,36,37)/t10-,11-,12-/m0/s1. The van der Waals surface area contributed by atoms with Gasteiger partial charge in [-0.3, -0.25) is 38.4 Å². The summed E-state index contributed by atoms with van der Waals surface area (Å²) >= 11 is 0. The Labute approximate surface area is 229 Å². The summed E-state index contributed by atoms with van der Waals surface area (Å²) in [5.74, 6) is -8.37. The highest BCUT2D eigenvalue weighted by molar-refractivity contribution is 8.76. The lowest BCUT2D eigenvalue weighted by Crippen LogP contribution is -2.50. The van der Waals surface area contributed by atoms with Crippen molar-refractivity contribution in [3.63, 3.8) is 0 Å². The van der Waals surface area contributed by atoms with Crippen molar-refractivity contribution in [3.8, 4) is 0 Å². The second-order valence-electron chi connectivity index (χ2n) is 7.76. The van der Waals surface area contributed by atoms with E-state index in [-0.39, 0.29) is 43.6 Å². The fourth-order valence-electron chi connectivity index (χ4n) is 2.51. The Morgan fingerprint density at radius 3 is 1.46 bits per heavy atom. The molecule has 0 heterocycles. The molecule has 0 fully saturated rings. The smallest absolute Gasteiger partial charge is 0.322 e. The molecule has 0 aromatic rings. The van der Waals surface area contributed by atoms with Gasteiger partial charge in [0.25, 0.3) is 0 Å². The number of hydrogen-bond donors (Lipinski definition) is 9. The highest BCUT2D eigenvalue weighted by Gasteiger charge is 2.25. The van der Waals surface area contributed by atoms with E-state index in [1.165, 1.54) is 0 Å². The molecule has 0 saturated carbocycles. The van der Waals surface area contributed by atoms with Crippen LogP contribution in [0.4, 0.5) is 0 Å². The third-order valence-corrected chi connectivity index (χ3v) is 6.90. The van der Waals surface area contributed by atoms with Crippen LogP contribution in [0.25, 0.3) is 0 Å². The first-order chi connectivity index (χ1) is 18.2. The van der Waals surface area contributed by atoms with Crippen molar-refractivity contribution in [1.29, 1.82) is 0 Å². The van der Waals surface area contributed by atoms with Crippen molar-refractivity contribution in [3.05, 3.63) is 0 Å². The maximum atomic E-state index is 12.4. The monoisotopic (exact) mass is 597 g/mol. The quantitative estimate of drug-likeness (QED) is 0.0476. The van der Waals surface area contributed by atoms with Gasteiger partial charge >= 0.3 is 23.9 Å². The molecule has 0 saturated heterocycles. The summed E-state index contributed by atoms with van der Waals surface area (Å²) in [6, 6.07) is -3.77. The summed E-state index contributed by atoms with van der Waals surface area (Å²) in [5, 5.41) is 43.9. The number of carbonyl (C=O) groups excluding carboxylic acids is 4. The predicted molar refractivity (Wildman–Crippen MR) is 136 cm³/mol. The lowest BCUT2D eigenvalue weighted by Gasteiger charge is -2.20. The van der Waals surface area contributed by atoms with E-state index in [2.05, 4.69) is 21.3 Å². The van der Waals surface area contributed by atoms with Gasteiger partial charge in [-0.15, -0.1) is 0 Å². The van der Waals surface area contributed by atoms with Crippen molar-refractivity contribution in [2.24, 2.45) is 5.73 Å². The van der Waals surface area contributed by atoms with E-state index in [1.54, 1.807) is 0 Å². The van der Waals surface area contributed by atoms with E-state index in [1.807, 2.05) is 0 Å². The summed E-state index contributed by atoms with van der Waals surface area (Å²) in [4.78, 5) is 91.9. The summed E-state index contributed by atoms with van der Waals surface area (Å²) < 4.78 is 0. The van der Waals surface area contributed by atoms with Crippen molar-refractivity contribution in [1.82, 2.24) is 21.3 Å². The van der Waals surface area contributed by atoms with E-state index >= 15 is 0 Å². The zero-order valence-corrected chi connectivity index (χ0v) is 22.2. The number of hydrogen-bond acceptors (Lipinski definition) is 11. The molecule has 0 aliphatic carbocycles. The number of amides is 4. The van der Waals surface area contributed by atoms with Crippen LogP contribution in [0.1, 0.15) is 32.1 Å². The Balaban J connectivity index is 5.12. The molecule has 0 aliphatic rings. The first-order valence-corrected chi connectivity index (χ1v) is 13.7. The minimum atomic E-state index is -1.34. The van der Waals surface area contributed by atoms with Gasteiger partial charge in [-0.25, -0.2) is 0 Å². The highest BCUT2D eigenvalue weighted by Crippen LogP contribution is 2.23. The Hall–Kier alpha value is -3.58. The fraction of sp³-hybridized carbons (Fsp3) is 0.600. The average molecular weight is 598 g/mol. The number of nitrogens with one attached hydrogen (secondary N) is 4. The number of carboxylic acids is 4. The molecular formula is C20H31N5O12S2. The van der Waals surface area contributed by atoms with E-state index in [0.717, 1.165) is 21.6 Å². The van der Waals surface area contributed by atoms with Crippen molar-refractivity contribution in [2.75, 3.05) is 24.6 Å². The van der Waals surface area contributed by atoms with Crippen LogP contribution in [0.5, 0.6) is 0 Å². The molecule has 0 rings (SSSR count). The Kier molecular flexibility index (Phi) is 17.7. The molecule has 0 radical (unpaired) electrons. The van der Waals surface area contributed by atoms with Crippen LogP contribution in [0.3, 0.4) is 0 Å². The summed E-state index contributed by atoms with van der Waals surface area (Å²) in [5.41, 5.74) is 5.35. The largest absolute Gasteiger partial charge is 0.481 e. The fourth-order valence-corrected chi connectivity index (χ4v) is 4.84. The molecule has 17 nitrogen and oxygen atoms in total. The molecule has 0 bridgehead atoms. The molecule has 0 aromatic carbocycles. The van der Waals surface area contributed by atoms with E-state index in [0.29, 0.717) is 0 Å². The Morgan fingerprint density at radius 1 is 0.641 bits per heavy atom. The van der Waals surface area contributed by atoms with Crippen molar-refractivity contribution >= 4 is 69.1 Å². The molecule has 0 aromatic heterocycles. The lowest BCUT2D eigenvalue weighted by molar-refractivity contribution is -0.139. The minimum absolute atomic E-state index is 0.0106. The summed E-state index contributed by atoms with van der Waals surface area (Å²) in [7, 11) is 1.93. The number of aliphatic carboxylic acids is 4. The van der Waals surface area contributed by atoms with Gasteiger partial charge in [0.15, 0.2) is 0 Å². The van der Waals surface area contributed by atoms with Crippen LogP contribution in [0.2, 0.25) is 0 Å². The molecule has 0 aliphatic heterocycles. The lowest BCUT2D eigenvalue weighted by atomic mass is 10.1. The minimum Gasteiger partial charge on any atom is -0.481 e. The van der Waals surface area contributed by atoms with Crippen LogP contribution in [0.15, 0.2) is 0 Å². The van der Waals surface area contributed by atoms with Gasteiger partial charge in [-0.1, -0.05) is 21.6 Å². The molecule has 19 heteroatoms. The molecular weight excluding hydrogens is 566 g/mol. The average Bonchev–Trinajstić information content (AvgIpc) is 2.84. The first-order valence-electron chi connectivity index (χ1n) is 11.2. The molecule has 10 N–H and O–H groups in total. The van der Waals surface area contributed by atoms with Crippen LogP contribution in [-0.4, -0.2) is 111 Å². The second-order valence-corrected chi connectivity index (χ2v) is 10.3. The highest BCUT2D eigenvalue weighted by atomic mass is 33.1. The molecule has 39 heavy (non-hydrogen) atoms. The molecule has 0 spiro atoms. The predicted octanol–water partition coefficient (Wildman–Crippen LogP) is -2.81. The van der Waals surface area contributed by atoms with Gasteiger partial charge in [0, 0.05) is 30.8 Å². The topological polar surface area (TPSA) is 292 Å². The maximum absolute atomic E-state index is 12.4. The van der Waals surface area contributed by atoms with Gasteiger partial charge in [0.1, 0.15) is 31.2 Å². The SMILES string of the molecule is N[C@@H](CCC(=O)N[C@@H](CSSC[C@H](NC(=O)CCCC(=O)O)C(=O)NCC(=O)O)C(=O)NCC(=O)O)C(=O)O. The molecule has 0 unspecified atom stereocenters. The molecule has 4 amide bonds. The van der Waals surface area contributed by atoms with E-state index in [9.17, 15) is 38.4 Å². The van der Waals surface area contributed by atoms with Gasteiger partial charge < -0.3 is 47.4 Å². The summed E-state index contributed by atoms with van der Waals surface area (Å²) in [6.45, 7) is -1.45. The third kappa shape index (κ3) is 18.3. The molecule has 3 atom stereocenters. The van der Waals surface area contributed by atoms with Crippen LogP contribution in [-0.2, 0) is 38.4 Å². The zero-order chi connectivity index (χ0) is 30.0. The van der Waals surface area contributed by atoms with Crippen LogP contribution >= 0.6 is 21.6 Å². The van der Waals surface area contributed by atoms with Crippen molar-refractivity contribution in [2.45, 2.75) is 50.2 Å². The number of carboxylic acid groups (broad SMARTS) is 4. The van der Waals surface area contributed by atoms with Crippen molar-refractivity contribution < 1.29 is 58.8 Å². The van der Waals surface area contributed by atoms with Gasteiger partial charge in [-0.2, -0.15) is 0 Å². The number of rotatable bonds is 21. The number of carbonyl (C=O) groups is 8.